The Bertz CT molecular complexity index is 329. The molecule has 0 aliphatic heterocycles. The molecule has 0 aliphatic rings. The number of hydrazine groups is 2. The predicted molar refractivity (Wildman–Crippen MR) is 48.7 cm³/mol. The Balaban J connectivity index is 3.08. The molecule has 6 N–H and O–H groups in total. The first-order chi connectivity index (χ1) is 6.17. The van der Waals surface area contributed by atoms with Crippen molar-refractivity contribution in [2.75, 3.05) is 5.43 Å². The first-order valence-corrected chi connectivity index (χ1v) is 3.70. The number of nitrogens with one attached hydrogen (secondary N) is 2. The number of halogens is 1. The van der Waals surface area contributed by atoms with Crippen molar-refractivity contribution < 1.29 is 4.79 Å². The van der Waals surface area contributed by atoms with E-state index in [2.05, 4.69) is 10.4 Å². The maximum atomic E-state index is 11.0. The maximum Gasteiger partial charge on any atom is 0.265 e. The lowest BCUT2D eigenvalue weighted by Gasteiger charge is -2.03. The van der Waals surface area contributed by atoms with Gasteiger partial charge >= 0.3 is 0 Å². The summed E-state index contributed by atoms with van der Waals surface area (Å²) in [6, 6.07) is 2.80. The van der Waals surface area contributed by atoms with Gasteiger partial charge in [0.05, 0.1) is 0 Å². The molecule has 0 fully saturated rings. The molecule has 0 radical (unpaired) electrons. The second kappa shape index (κ2) is 4.04. The third kappa shape index (κ3) is 2.28. The van der Waals surface area contributed by atoms with Crippen LogP contribution in [0, 0.1) is 0 Å². The molecule has 7 heteroatoms. The summed E-state index contributed by atoms with van der Waals surface area (Å²) >= 11 is 5.60. The normalized spacial score (nSPS) is 9.46. The van der Waals surface area contributed by atoms with Gasteiger partial charge in [-0.2, -0.15) is 0 Å². The van der Waals surface area contributed by atoms with Gasteiger partial charge in [0.15, 0.2) is 0 Å². The predicted octanol–water partition coefficient (Wildman–Crippen LogP) is -0.376. The van der Waals surface area contributed by atoms with Gasteiger partial charge in [-0.25, -0.2) is 16.7 Å². The molecule has 1 rings (SSSR count). The molecule has 13 heavy (non-hydrogen) atoms. The van der Waals surface area contributed by atoms with Gasteiger partial charge in [0.1, 0.15) is 11.0 Å². The lowest BCUT2D eigenvalue weighted by molar-refractivity contribution is 0.0953. The van der Waals surface area contributed by atoms with Crippen LogP contribution in [0.2, 0.25) is 5.15 Å². The third-order valence-electron chi connectivity index (χ3n) is 1.34. The topological polar surface area (TPSA) is 106 Å². The summed E-state index contributed by atoms with van der Waals surface area (Å²) in [5.74, 6) is 9.87. The molecular weight excluding hydrogens is 194 g/mol. The summed E-state index contributed by atoms with van der Waals surface area (Å²) in [6.45, 7) is 0. The van der Waals surface area contributed by atoms with Crippen molar-refractivity contribution in [2.45, 2.75) is 0 Å². The zero-order valence-corrected chi connectivity index (χ0v) is 7.30. The van der Waals surface area contributed by atoms with Crippen LogP contribution in [0.4, 0.5) is 5.82 Å². The molecule has 1 aromatic heterocycles. The highest BCUT2D eigenvalue weighted by molar-refractivity contribution is 6.29. The Labute approximate surface area is 79.2 Å². The van der Waals surface area contributed by atoms with E-state index in [-0.39, 0.29) is 10.7 Å². The van der Waals surface area contributed by atoms with Gasteiger partial charge in [-0.15, -0.1) is 0 Å². The highest BCUT2D eigenvalue weighted by Crippen LogP contribution is 2.13. The third-order valence-corrected chi connectivity index (χ3v) is 1.53. The average Bonchev–Trinajstić information content (AvgIpc) is 2.15. The van der Waals surface area contributed by atoms with Gasteiger partial charge in [-0.3, -0.25) is 10.2 Å². The quantitative estimate of drug-likeness (QED) is 0.226. The number of nitrogens with zero attached hydrogens (tertiary/aromatic N) is 1. The minimum absolute atomic E-state index is 0.161. The van der Waals surface area contributed by atoms with Crippen LogP contribution in [0.15, 0.2) is 12.1 Å². The van der Waals surface area contributed by atoms with Crippen molar-refractivity contribution in [2.24, 2.45) is 11.7 Å². The second-order valence-corrected chi connectivity index (χ2v) is 2.57. The largest absolute Gasteiger partial charge is 0.308 e. The Hall–Kier alpha value is -1.37. The Morgan fingerprint density at radius 1 is 1.46 bits per heavy atom. The van der Waals surface area contributed by atoms with E-state index in [1.54, 1.807) is 0 Å². The number of anilines is 1. The van der Waals surface area contributed by atoms with E-state index in [0.29, 0.717) is 5.82 Å². The number of nitrogen functional groups attached to an aromatic ring is 2. The second-order valence-electron chi connectivity index (χ2n) is 2.18. The van der Waals surface area contributed by atoms with Crippen LogP contribution in [0.25, 0.3) is 0 Å². The number of hydrogen-bond donors (Lipinski definition) is 4. The monoisotopic (exact) mass is 201 g/mol. The van der Waals surface area contributed by atoms with Crippen molar-refractivity contribution >= 4 is 23.3 Å². The summed E-state index contributed by atoms with van der Waals surface area (Å²) in [4.78, 5) is 14.8. The lowest BCUT2D eigenvalue weighted by atomic mass is 10.2. The molecule has 1 amide bonds. The van der Waals surface area contributed by atoms with Gasteiger partial charge in [0, 0.05) is 5.56 Å². The van der Waals surface area contributed by atoms with Crippen molar-refractivity contribution in [3.8, 4) is 0 Å². The van der Waals surface area contributed by atoms with Crippen LogP contribution in [-0.4, -0.2) is 10.9 Å². The average molecular weight is 202 g/mol. The standard InChI is InChI=1S/C6H8ClN5O/c7-4-1-3(6(13)12-9)2-5(10-4)11-8/h1-2H,8-9H2,(H,10,11)(H,12,13). The summed E-state index contributed by atoms with van der Waals surface area (Å²) in [7, 11) is 0. The van der Waals surface area contributed by atoms with Gasteiger partial charge in [-0.1, -0.05) is 11.6 Å². The first kappa shape index (κ1) is 9.72. The van der Waals surface area contributed by atoms with E-state index in [4.69, 9.17) is 23.3 Å². The van der Waals surface area contributed by atoms with E-state index in [0.717, 1.165) is 0 Å². The highest BCUT2D eigenvalue weighted by Gasteiger charge is 2.06. The molecule has 0 atom stereocenters. The molecule has 6 nitrogen and oxygen atoms in total. The highest BCUT2D eigenvalue weighted by atomic mass is 35.5. The number of amides is 1. The number of carbonyl (C=O) groups is 1. The van der Waals surface area contributed by atoms with Gasteiger partial charge in [0.25, 0.3) is 5.91 Å². The first-order valence-electron chi connectivity index (χ1n) is 3.32. The van der Waals surface area contributed by atoms with Crippen molar-refractivity contribution in [3.05, 3.63) is 22.8 Å². The lowest BCUT2D eigenvalue weighted by Crippen LogP contribution is -2.30. The number of nitrogens with two attached hydrogens (primary N) is 2. The molecular formula is C6H8ClN5O. The van der Waals surface area contributed by atoms with E-state index in [9.17, 15) is 4.79 Å². The van der Waals surface area contributed by atoms with Crippen LogP contribution < -0.4 is 22.5 Å². The SMILES string of the molecule is NNC(=O)c1cc(Cl)nc(NN)c1. The van der Waals surface area contributed by atoms with E-state index in [1.165, 1.54) is 12.1 Å². The molecule has 0 spiro atoms. The number of carbonyl (C=O) groups excluding carboxylic acids is 1. The molecule has 0 unspecified atom stereocenters. The summed E-state index contributed by atoms with van der Waals surface area (Å²) < 4.78 is 0. The summed E-state index contributed by atoms with van der Waals surface area (Å²) in [5.41, 5.74) is 4.52. The molecule has 1 heterocycles. The van der Waals surface area contributed by atoms with E-state index >= 15 is 0 Å². The Kier molecular flexibility index (Phi) is 3.02. The maximum absolute atomic E-state index is 11.0. The van der Waals surface area contributed by atoms with Gasteiger partial charge < -0.3 is 5.43 Å². The summed E-state index contributed by atoms with van der Waals surface area (Å²) in [5, 5.41) is 0.161. The van der Waals surface area contributed by atoms with Gasteiger partial charge in [0.2, 0.25) is 0 Å². The van der Waals surface area contributed by atoms with E-state index < -0.39 is 5.91 Å². The Morgan fingerprint density at radius 3 is 2.69 bits per heavy atom. The molecule has 0 aromatic carbocycles. The fraction of sp³-hybridized carbons (Fsp3) is 0. The minimum Gasteiger partial charge on any atom is -0.308 e. The molecule has 0 aliphatic carbocycles. The van der Waals surface area contributed by atoms with E-state index in [1.807, 2.05) is 5.43 Å². The number of aromatic nitrogens is 1. The van der Waals surface area contributed by atoms with Crippen LogP contribution in [0.5, 0.6) is 0 Å². The van der Waals surface area contributed by atoms with Crippen molar-refractivity contribution in [3.63, 3.8) is 0 Å². The number of hydrogen-bond acceptors (Lipinski definition) is 5. The van der Waals surface area contributed by atoms with Crippen LogP contribution in [0.1, 0.15) is 10.4 Å². The molecule has 1 aromatic rings. The van der Waals surface area contributed by atoms with Crippen molar-refractivity contribution in [1.82, 2.24) is 10.4 Å². The van der Waals surface area contributed by atoms with Crippen LogP contribution in [0.3, 0.4) is 0 Å². The molecule has 0 bridgehead atoms. The Morgan fingerprint density at radius 2 is 2.15 bits per heavy atom. The number of pyridine rings is 1. The zero-order valence-electron chi connectivity index (χ0n) is 6.54. The fourth-order valence-corrected chi connectivity index (χ4v) is 0.994. The van der Waals surface area contributed by atoms with Crippen LogP contribution in [-0.2, 0) is 0 Å². The molecule has 70 valence electrons. The zero-order chi connectivity index (χ0) is 9.84. The van der Waals surface area contributed by atoms with Crippen molar-refractivity contribution in [1.29, 1.82) is 0 Å². The van der Waals surface area contributed by atoms with Crippen LogP contribution >= 0.6 is 11.6 Å². The smallest absolute Gasteiger partial charge is 0.265 e. The molecule has 0 saturated heterocycles. The number of rotatable bonds is 2. The minimum atomic E-state index is -0.458. The fourth-order valence-electron chi connectivity index (χ4n) is 0.785. The summed E-state index contributed by atoms with van der Waals surface area (Å²) in [6.07, 6.45) is 0. The molecule has 0 saturated carbocycles. The van der Waals surface area contributed by atoms with Gasteiger partial charge in [-0.05, 0) is 12.1 Å².